The number of benzene rings is 2. The molecule has 110 valence electrons. The summed E-state index contributed by atoms with van der Waals surface area (Å²) in [7, 11) is 0. The Hall–Kier alpha value is -2.29. The third-order valence-corrected chi connectivity index (χ3v) is 3.40. The summed E-state index contributed by atoms with van der Waals surface area (Å²) in [6, 6.07) is 17.3. The van der Waals surface area contributed by atoms with Gasteiger partial charge >= 0.3 is 0 Å². The van der Waals surface area contributed by atoms with Gasteiger partial charge in [-0.3, -0.25) is 4.79 Å². The van der Waals surface area contributed by atoms with E-state index in [0.29, 0.717) is 17.8 Å². The molecule has 0 radical (unpaired) electrons. The Kier molecular flexibility index (Phi) is 4.63. The van der Waals surface area contributed by atoms with Gasteiger partial charge in [0.1, 0.15) is 0 Å². The lowest BCUT2D eigenvalue weighted by molar-refractivity contribution is 0.0936. The summed E-state index contributed by atoms with van der Waals surface area (Å²) in [6.45, 7) is 4.93. The smallest absolute Gasteiger partial charge is 0.251 e. The Morgan fingerprint density at radius 3 is 2.48 bits per heavy atom. The molecule has 0 saturated carbocycles. The summed E-state index contributed by atoms with van der Waals surface area (Å²) in [5.41, 5.74) is 8.18. The highest BCUT2D eigenvalue weighted by atomic mass is 16.1. The number of carbonyl (C=O) groups excluding carboxylic acids is 1. The van der Waals surface area contributed by atoms with E-state index in [1.165, 1.54) is 5.56 Å². The molecule has 0 saturated heterocycles. The molecule has 0 aromatic heterocycles. The predicted molar refractivity (Wildman–Crippen MR) is 87.1 cm³/mol. The van der Waals surface area contributed by atoms with Crippen molar-refractivity contribution in [2.45, 2.75) is 20.3 Å². The Balaban J connectivity index is 1.93. The van der Waals surface area contributed by atoms with Crippen molar-refractivity contribution in [1.82, 2.24) is 5.32 Å². The fourth-order valence-corrected chi connectivity index (χ4v) is 2.31. The molecule has 0 bridgehead atoms. The summed E-state index contributed by atoms with van der Waals surface area (Å²) in [4.78, 5) is 12.1. The van der Waals surface area contributed by atoms with Crippen LogP contribution in [0.2, 0.25) is 0 Å². The van der Waals surface area contributed by atoms with Gasteiger partial charge in [-0.15, -0.1) is 0 Å². The Morgan fingerprint density at radius 2 is 1.81 bits per heavy atom. The maximum atomic E-state index is 12.1. The van der Waals surface area contributed by atoms with Crippen molar-refractivity contribution >= 4 is 11.6 Å². The normalized spacial score (nSPS) is 11.1. The molecule has 0 heterocycles. The van der Waals surface area contributed by atoms with E-state index in [2.05, 4.69) is 31.3 Å². The van der Waals surface area contributed by atoms with Crippen molar-refractivity contribution in [3.63, 3.8) is 0 Å². The predicted octanol–water partition coefficient (Wildman–Crippen LogP) is 3.27. The first-order chi connectivity index (χ1) is 9.96. The fourth-order valence-electron chi connectivity index (χ4n) is 2.31. The second kappa shape index (κ2) is 6.44. The Morgan fingerprint density at radius 1 is 1.10 bits per heavy atom. The molecule has 2 rings (SSSR count). The first-order valence-corrected chi connectivity index (χ1v) is 7.14. The van der Waals surface area contributed by atoms with E-state index in [-0.39, 0.29) is 11.3 Å². The summed E-state index contributed by atoms with van der Waals surface area (Å²) in [5.74, 6) is -0.0802. The molecule has 3 N–H and O–H groups in total. The van der Waals surface area contributed by atoms with Gasteiger partial charge in [0.2, 0.25) is 0 Å². The Labute approximate surface area is 126 Å². The molecular formula is C18H22N2O. The first kappa shape index (κ1) is 15.1. The van der Waals surface area contributed by atoms with Crippen molar-refractivity contribution in [2.75, 3.05) is 12.3 Å². The van der Waals surface area contributed by atoms with Crippen LogP contribution in [0, 0.1) is 5.41 Å². The zero-order valence-electron chi connectivity index (χ0n) is 12.6. The quantitative estimate of drug-likeness (QED) is 0.827. The minimum absolute atomic E-state index is 0.00264. The monoisotopic (exact) mass is 282 g/mol. The number of anilines is 1. The minimum Gasteiger partial charge on any atom is -0.399 e. The SMILES string of the molecule is CC(C)(CNC(=O)c1cccc(N)c1)Cc1ccccc1. The van der Waals surface area contributed by atoms with Crippen LogP contribution >= 0.6 is 0 Å². The van der Waals surface area contributed by atoms with Crippen LogP contribution in [0.5, 0.6) is 0 Å². The second-order valence-corrected chi connectivity index (χ2v) is 6.13. The number of amides is 1. The van der Waals surface area contributed by atoms with E-state index in [9.17, 15) is 4.79 Å². The third-order valence-electron chi connectivity index (χ3n) is 3.40. The van der Waals surface area contributed by atoms with Gasteiger partial charge < -0.3 is 11.1 Å². The summed E-state index contributed by atoms with van der Waals surface area (Å²) >= 11 is 0. The van der Waals surface area contributed by atoms with Gasteiger partial charge in [-0.1, -0.05) is 50.2 Å². The van der Waals surface area contributed by atoms with Crippen molar-refractivity contribution in [2.24, 2.45) is 5.41 Å². The third kappa shape index (κ3) is 4.63. The summed E-state index contributed by atoms with van der Waals surface area (Å²) in [5, 5.41) is 2.99. The number of nitrogens with one attached hydrogen (secondary N) is 1. The minimum atomic E-state index is -0.0802. The van der Waals surface area contributed by atoms with Crippen LogP contribution in [-0.4, -0.2) is 12.5 Å². The molecule has 2 aromatic rings. The first-order valence-electron chi connectivity index (χ1n) is 7.14. The van der Waals surface area contributed by atoms with Crippen molar-refractivity contribution in [3.05, 3.63) is 65.7 Å². The van der Waals surface area contributed by atoms with E-state index in [4.69, 9.17) is 5.73 Å². The van der Waals surface area contributed by atoms with Crippen molar-refractivity contribution < 1.29 is 4.79 Å². The molecular weight excluding hydrogens is 260 g/mol. The molecule has 0 fully saturated rings. The van der Waals surface area contributed by atoms with Crippen molar-refractivity contribution in [1.29, 1.82) is 0 Å². The van der Waals surface area contributed by atoms with Gasteiger partial charge in [0.25, 0.3) is 5.91 Å². The van der Waals surface area contributed by atoms with Crippen LogP contribution in [0.3, 0.4) is 0 Å². The van der Waals surface area contributed by atoms with E-state index < -0.39 is 0 Å². The molecule has 2 aromatic carbocycles. The van der Waals surface area contributed by atoms with Gasteiger partial charge in [0.15, 0.2) is 0 Å². The lowest BCUT2D eigenvalue weighted by Gasteiger charge is -2.25. The lowest BCUT2D eigenvalue weighted by atomic mass is 9.85. The molecule has 21 heavy (non-hydrogen) atoms. The topological polar surface area (TPSA) is 55.1 Å². The zero-order chi connectivity index (χ0) is 15.3. The number of hydrogen-bond acceptors (Lipinski definition) is 2. The number of nitrogens with two attached hydrogens (primary N) is 1. The van der Waals surface area contributed by atoms with Crippen LogP contribution in [-0.2, 0) is 6.42 Å². The number of nitrogen functional groups attached to an aromatic ring is 1. The molecule has 0 aliphatic carbocycles. The van der Waals surface area contributed by atoms with Gasteiger partial charge in [-0.25, -0.2) is 0 Å². The van der Waals surface area contributed by atoms with E-state index in [1.54, 1.807) is 24.3 Å². The molecule has 1 amide bonds. The van der Waals surface area contributed by atoms with Gasteiger partial charge in [0, 0.05) is 17.8 Å². The molecule has 0 spiro atoms. The molecule has 0 aliphatic rings. The highest BCUT2D eigenvalue weighted by molar-refractivity contribution is 5.94. The summed E-state index contributed by atoms with van der Waals surface area (Å²) in [6.07, 6.45) is 0.922. The van der Waals surface area contributed by atoms with Crippen LogP contribution < -0.4 is 11.1 Å². The van der Waals surface area contributed by atoms with Gasteiger partial charge in [-0.05, 0) is 35.6 Å². The van der Waals surface area contributed by atoms with Crippen molar-refractivity contribution in [3.8, 4) is 0 Å². The van der Waals surface area contributed by atoms with E-state index >= 15 is 0 Å². The number of hydrogen-bond donors (Lipinski definition) is 2. The average molecular weight is 282 g/mol. The molecule has 3 nitrogen and oxygen atoms in total. The zero-order valence-corrected chi connectivity index (χ0v) is 12.6. The second-order valence-electron chi connectivity index (χ2n) is 6.13. The molecule has 0 unspecified atom stereocenters. The van der Waals surface area contributed by atoms with Gasteiger partial charge in [-0.2, -0.15) is 0 Å². The highest BCUT2D eigenvalue weighted by Gasteiger charge is 2.19. The van der Waals surface area contributed by atoms with Crippen LogP contribution in [0.4, 0.5) is 5.69 Å². The largest absolute Gasteiger partial charge is 0.399 e. The maximum absolute atomic E-state index is 12.1. The average Bonchev–Trinajstić information content (AvgIpc) is 2.45. The molecule has 0 aliphatic heterocycles. The summed E-state index contributed by atoms with van der Waals surface area (Å²) < 4.78 is 0. The molecule has 3 heteroatoms. The fraction of sp³-hybridized carbons (Fsp3) is 0.278. The maximum Gasteiger partial charge on any atom is 0.251 e. The molecule has 0 atom stereocenters. The Bertz CT molecular complexity index is 606. The highest BCUT2D eigenvalue weighted by Crippen LogP contribution is 2.21. The van der Waals surface area contributed by atoms with Gasteiger partial charge in [0.05, 0.1) is 0 Å². The van der Waals surface area contributed by atoms with Crippen LogP contribution in [0.25, 0.3) is 0 Å². The standard InChI is InChI=1S/C18H22N2O/c1-18(2,12-14-7-4-3-5-8-14)13-20-17(21)15-9-6-10-16(19)11-15/h3-11H,12-13,19H2,1-2H3,(H,20,21). The number of rotatable bonds is 5. The van der Waals surface area contributed by atoms with Crippen LogP contribution in [0.1, 0.15) is 29.8 Å². The van der Waals surface area contributed by atoms with E-state index in [0.717, 1.165) is 6.42 Å². The van der Waals surface area contributed by atoms with Crippen LogP contribution in [0.15, 0.2) is 54.6 Å². The number of carbonyl (C=O) groups is 1. The lowest BCUT2D eigenvalue weighted by Crippen LogP contribution is -2.35. The van der Waals surface area contributed by atoms with E-state index in [1.807, 2.05) is 18.2 Å².